The van der Waals surface area contributed by atoms with Gasteiger partial charge in [0.2, 0.25) is 5.91 Å². The lowest BCUT2D eigenvalue weighted by Crippen LogP contribution is -2.32. The number of carbonyl (C=O) groups is 1. The van der Waals surface area contributed by atoms with E-state index in [1.54, 1.807) is 19.4 Å². The molecule has 35 heavy (non-hydrogen) atoms. The first-order chi connectivity index (χ1) is 16.8. The van der Waals surface area contributed by atoms with Crippen molar-refractivity contribution in [3.05, 3.63) is 58.8 Å². The van der Waals surface area contributed by atoms with Crippen molar-refractivity contribution in [2.75, 3.05) is 26.7 Å². The summed E-state index contributed by atoms with van der Waals surface area (Å²) < 4.78 is 11.7. The fourth-order valence-corrected chi connectivity index (χ4v) is 4.64. The molecule has 0 aliphatic carbocycles. The lowest BCUT2D eigenvalue weighted by Gasteiger charge is -2.19. The van der Waals surface area contributed by atoms with Crippen LogP contribution in [-0.2, 0) is 4.79 Å². The molecule has 188 valence electrons. The van der Waals surface area contributed by atoms with Crippen LogP contribution in [0.15, 0.2) is 47.1 Å². The summed E-state index contributed by atoms with van der Waals surface area (Å²) in [6.07, 6.45) is 5.42. The average Bonchev–Trinajstić information content (AvgIpc) is 3.26. The highest BCUT2D eigenvalue weighted by molar-refractivity contribution is 6.30. The van der Waals surface area contributed by atoms with Gasteiger partial charge in [0.1, 0.15) is 11.3 Å². The largest absolute Gasteiger partial charge is 0.496 e. The molecule has 0 aliphatic heterocycles. The Hall–Kier alpha value is -2.76. The lowest BCUT2D eigenvalue weighted by atomic mass is 9.96. The summed E-state index contributed by atoms with van der Waals surface area (Å²) in [5.41, 5.74) is 5.37. The van der Waals surface area contributed by atoms with Gasteiger partial charge in [0, 0.05) is 39.2 Å². The second-order valence-corrected chi connectivity index (χ2v) is 9.46. The van der Waals surface area contributed by atoms with Crippen LogP contribution >= 0.6 is 11.6 Å². The van der Waals surface area contributed by atoms with Gasteiger partial charge in [0.25, 0.3) is 0 Å². The molecule has 1 aromatic heterocycles. The molecule has 2 aromatic carbocycles. The normalized spacial score (nSPS) is 12.9. The molecule has 3 rings (SSSR count). The van der Waals surface area contributed by atoms with E-state index in [1.807, 2.05) is 44.2 Å². The van der Waals surface area contributed by atoms with Crippen LogP contribution in [0.5, 0.6) is 5.75 Å². The number of furan rings is 1. The molecule has 0 saturated heterocycles. The quantitative estimate of drug-likeness (QED) is 0.287. The van der Waals surface area contributed by atoms with E-state index in [0.29, 0.717) is 10.8 Å². The van der Waals surface area contributed by atoms with Gasteiger partial charge in [-0.15, -0.1) is 0 Å². The van der Waals surface area contributed by atoms with E-state index in [9.17, 15) is 4.79 Å². The minimum atomic E-state index is -0.0947. The maximum atomic E-state index is 12.8. The molecule has 6 heteroatoms. The summed E-state index contributed by atoms with van der Waals surface area (Å²) in [5, 5.41) is 4.77. The number of fused-ring (bicyclic) bond motifs is 1. The standard InChI is InChI=1S/C29H37ClN2O3/c1-7-32(8-2)15-9-10-20(4)31-27(33)16-19(3)24-17-25-26(22-11-13-23(30)14-12-22)18-35-29(25)21(5)28(24)34-6/h11-14,16-18,20H,7-10,15H2,1-6H3,(H,31,33)/b19-16+. The summed E-state index contributed by atoms with van der Waals surface area (Å²) in [5.74, 6) is 0.617. The van der Waals surface area contributed by atoms with Crippen LogP contribution < -0.4 is 10.1 Å². The highest BCUT2D eigenvalue weighted by Gasteiger charge is 2.19. The summed E-state index contributed by atoms with van der Waals surface area (Å²) in [6, 6.07) is 9.84. The minimum absolute atomic E-state index is 0.0947. The Bertz CT molecular complexity index is 1180. The van der Waals surface area contributed by atoms with Crippen molar-refractivity contribution in [2.45, 2.75) is 53.5 Å². The molecule has 0 radical (unpaired) electrons. The van der Waals surface area contributed by atoms with Crippen molar-refractivity contribution < 1.29 is 13.9 Å². The van der Waals surface area contributed by atoms with Crippen molar-refractivity contribution in [1.82, 2.24) is 10.2 Å². The number of methoxy groups -OCH3 is 1. The molecule has 1 unspecified atom stereocenters. The number of allylic oxidation sites excluding steroid dienone is 1. The SMILES string of the molecule is CCN(CC)CCCC(C)NC(=O)/C=C(\C)c1cc2c(-c3ccc(Cl)cc3)coc2c(C)c1OC. The molecule has 1 atom stereocenters. The van der Waals surface area contributed by atoms with Crippen molar-refractivity contribution in [1.29, 1.82) is 0 Å². The number of rotatable bonds is 11. The predicted molar refractivity (Wildman–Crippen MR) is 146 cm³/mol. The summed E-state index contributed by atoms with van der Waals surface area (Å²) in [4.78, 5) is 15.2. The Morgan fingerprint density at radius 2 is 1.91 bits per heavy atom. The monoisotopic (exact) mass is 496 g/mol. The van der Waals surface area contributed by atoms with E-state index < -0.39 is 0 Å². The number of ether oxygens (including phenoxy) is 1. The van der Waals surface area contributed by atoms with Crippen LogP contribution in [0.3, 0.4) is 0 Å². The molecule has 5 nitrogen and oxygen atoms in total. The number of benzene rings is 2. The zero-order valence-corrected chi connectivity index (χ0v) is 22.5. The summed E-state index contributed by atoms with van der Waals surface area (Å²) in [6.45, 7) is 13.5. The first-order valence-corrected chi connectivity index (χ1v) is 12.7. The molecule has 1 N–H and O–H groups in total. The van der Waals surface area contributed by atoms with E-state index in [1.165, 1.54) is 0 Å². The topological polar surface area (TPSA) is 54.7 Å². The molecular weight excluding hydrogens is 460 g/mol. The van der Waals surface area contributed by atoms with Crippen molar-refractivity contribution in [3.63, 3.8) is 0 Å². The molecule has 3 aromatic rings. The van der Waals surface area contributed by atoms with Crippen molar-refractivity contribution >= 4 is 34.1 Å². The van der Waals surface area contributed by atoms with Crippen LogP contribution in [0.1, 0.15) is 51.7 Å². The second kappa shape index (κ2) is 12.3. The molecule has 1 amide bonds. The van der Waals surface area contributed by atoms with Crippen LogP contribution in [0.4, 0.5) is 0 Å². The molecular formula is C29H37ClN2O3. The van der Waals surface area contributed by atoms with Crippen LogP contribution in [0.2, 0.25) is 5.02 Å². The molecule has 0 fully saturated rings. The number of hydrogen-bond acceptors (Lipinski definition) is 4. The van der Waals surface area contributed by atoms with Gasteiger partial charge in [0.15, 0.2) is 0 Å². The summed E-state index contributed by atoms with van der Waals surface area (Å²) >= 11 is 6.07. The average molecular weight is 497 g/mol. The number of carbonyl (C=O) groups excluding carboxylic acids is 1. The second-order valence-electron chi connectivity index (χ2n) is 9.02. The Labute approximate surface area is 214 Å². The number of halogens is 1. The first kappa shape index (κ1) is 26.8. The fraction of sp³-hybridized carbons (Fsp3) is 0.414. The van der Waals surface area contributed by atoms with E-state index in [4.69, 9.17) is 20.8 Å². The lowest BCUT2D eigenvalue weighted by molar-refractivity contribution is -0.117. The fourth-order valence-electron chi connectivity index (χ4n) is 4.52. The zero-order valence-electron chi connectivity index (χ0n) is 21.7. The Morgan fingerprint density at radius 1 is 1.23 bits per heavy atom. The molecule has 0 aliphatic rings. The number of nitrogens with one attached hydrogen (secondary N) is 1. The third-order valence-electron chi connectivity index (χ3n) is 6.57. The van der Waals surface area contributed by atoms with Gasteiger partial charge in [-0.2, -0.15) is 0 Å². The number of amides is 1. The van der Waals surface area contributed by atoms with E-state index >= 15 is 0 Å². The van der Waals surface area contributed by atoms with Gasteiger partial charge < -0.3 is 19.4 Å². The first-order valence-electron chi connectivity index (χ1n) is 12.3. The Kier molecular flexibility index (Phi) is 9.41. The highest BCUT2D eigenvalue weighted by atomic mass is 35.5. The van der Waals surface area contributed by atoms with Crippen LogP contribution in [-0.4, -0.2) is 43.6 Å². The van der Waals surface area contributed by atoms with E-state index in [0.717, 1.165) is 71.3 Å². The minimum Gasteiger partial charge on any atom is -0.496 e. The van der Waals surface area contributed by atoms with Crippen LogP contribution in [0, 0.1) is 6.92 Å². The van der Waals surface area contributed by atoms with Gasteiger partial charge in [-0.1, -0.05) is 37.6 Å². The number of aryl methyl sites for hydroxylation is 1. The number of nitrogens with zero attached hydrogens (tertiary/aromatic N) is 1. The van der Waals surface area contributed by atoms with Gasteiger partial charge >= 0.3 is 0 Å². The predicted octanol–water partition coefficient (Wildman–Crippen LogP) is 7.10. The van der Waals surface area contributed by atoms with Crippen molar-refractivity contribution in [2.24, 2.45) is 0 Å². The van der Waals surface area contributed by atoms with E-state index in [2.05, 4.69) is 31.0 Å². The zero-order chi connectivity index (χ0) is 25.5. The van der Waals surface area contributed by atoms with Gasteiger partial charge in [-0.3, -0.25) is 4.79 Å². The third kappa shape index (κ3) is 6.47. The maximum absolute atomic E-state index is 12.8. The molecule has 0 bridgehead atoms. The highest BCUT2D eigenvalue weighted by Crippen LogP contribution is 2.40. The van der Waals surface area contributed by atoms with Crippen LogP contribution in [0.25, 0.3) is 27.7 Å². The number of hydrogen-bond donors (Lipinski definition) is 1. The molecule has 0 saturated carbocycles. The molecule has 0 spiro atoms. The Morgan fingerprint density at radius 3 is 2.54 bits per heavy atom. The van der Waals surface area contributed by atoms with Crippen molar-refractivity contribution in [3.8, 4) is 16.9 Å². The molecule has 1 heterocycles. The van der Waals surface area contributed by atoms with E-state index in [-0.39, 0.29) is 11.9 Å². The third-order valence-corrected chi connectivity index (χ3v) is 6.82. The smallest absolute Gasteiger partial charge is 0.244 e. The maximum Gasteiger partial charge on any atom is 0.244 e. The van der Waals surface area contributed by atoms with Gasteiger partial charge in [0.05, 0.1) is 13.4 Å². The Balaban J connectivity index is 1.83. The van der Waals surface area contributed by atoms with Gasteiger partial charge in [-0.25, -0.2) is 0 Å². The summed E-state index contributed by atoms with van der Waals surface area (Å²) in [7, 11) is 1.64. The van der Waals surface area contributed by atoms with Gasteiger partial charge in [-0.05, 0) is 82.6 Å².